The molecule has 0 atom stereocenters. The van der Waals surface area contributed by atoms with Crippen molar-refractivity contribution in [3.05, 3.63) is 41.0 Å². The third-order valence-electron chi connectivity index (χ3n) is 2.29. The summed E-state index contributed by atoms with van der Waals surface area (Å²) in [5.74, 6) is -0.359. The standard InChI is InChI=1S/C13H14N2O/c1-3-10-4-6-11(7-5-10)8-12(9-14)13(16)15-2/h4-8H,3H2,1-2H3,(H,15,16)/b12-8+. The summed E-state index contributed by atoms with van der Waals surface area (Å²) < 4.78 is 0. The van der Waals surface area contributed by atoms with Crippen molar-refractivity contribution in [2.75, 3.05) is 7.05 Å². The Kier molecular flexibility index (Phi) is 4.28. The first-order chi connectivity index (χ1) is 7.71. The molecule has 0 bridgehead atoms. The third kappa shape index (κ3) is 2.96. The highest BCUT2D eigenvalue weighted by Crippen LogP contribution is 2.09. The normalized spacial score (nSPS) is 10.7. The number of carbonyl (C=O) groups excluding carboxylic acids is 1. The Bertz CT molecular complexity index is 438. The maximum Gasteiger partial charge on any atom is 0.261 e. The molecule has 3 heteroatoms. The molecule has 0 unspecified atom stereocenters. The van der Waals surface area contributed by atoms with Crippen LogP contribution in [-0.4, -0.2) is 13.0 Å². The largest absolute Gasteiger partial charge is 0.354 e. The van der Waals surface area contributed by atoms with Gasteiger partial charge in [0.1, 0.15) is 11.6 Å². The molecule has 3 nitrogen and oxygen atoms in total. The number of hydrogen-bond donors (Lipinski definition) is 1. The van der Waals surface area contributed by atoms with Gasteiger partial charge < -0.3 is 5.32 Å². The summed E-state index contributed by atoms with van der Waals surface area (Å²) in [5.41, 5.74) is 2.21. The predicted octanol–water partition coefficient (Wildman–Crippen LogP) is 1.90. The minimum absolute atomic E-state index is 0.117. The molecule has 0 aliphatic heterocycles. The van der Waals surface area contributed by atoms with Crippen LogP contribution in [-0.2, 0) is 11.2 Å². The van der Waals surface area contributed by atoms with E-state index in [-0.39, 0.29) is 11.5 Å². The highest BCUT2D eigenvalue weighted by molar-refractivity contribution is 6.01. The van der Waals surface area contributed by atoms with Gasteiger partial charge in [-0.2, -0.15) is 5.26 Å². The van der Waals surface area contributed by atoms with Gasteiger partial charge in [0.2, 0.25) is 0 Å². The van der Waals surface area contributed by atoms with E-state index in [1.54, 1.807) is 6.08 Å². The molecule has 0 aromatic heterocycles. The van der Waals surface area contributed by atoms with Crippen LogP contribution in [0.4, 0.5) is 0 Å². The number of benzene rings is 1. The van der Waals surface area contributed by atoms with E-state index in [1.807, 2.05) is 30.3 Å². The summed E-state index contributed by atoms with van der Waals surface area (Å²) in [7, 11) is 1.51. The number of likely N-dealkylation sites (N-methyl/N-ethyl adjacent to an activating group) is 1. The minimum Gasteiger partial charge on any atom is -0.354 e. The lowest BCUT2D eigenvalue weighted by molar-refractivity contribution is -0.116. The maximum atomic E-state index is 11.3. The predicted molar refractivity (Wildman–Crippen MR) is 63.5 cm³/mol. The first kappa shape index (κ1) is 12.0. The molecule has 1 aromatic rings. The van der Waals surface area contributed by atoms with Crippen molar-refractivity contribution in [2.24, 2.45) is 0 Å². The number of rotatable bonds is 3. The summed E-state index contributed by atoms with van der Waals surface area (Å²) in [4.78, 5) is 11.3. The molecule has 0 saturated carbocycles. The zero-order chi connectivity index (χ0) is 12.0. The van der Waals surface area contributed by atoms with Crippen LogP contribution in [0.25, 0.3) is 6.08 Å². The number of aryl methyl sites for hydroxylation is 1. The molecule has 16 heavy (non-hydrogen) atoms. The first-order valence-electron chi connectivity index (χ1n) is 5.14. The molecule has 0 saturated heterocycles. The van der Waals surface area contributed by atoms with E-state index >= 15 is 0 Å². The smallest absolute Gasteiger partial charge is 0.261 e. The summed E-state index contributed by atoms with van der Waals surface area (Å²) in [5, 5.41) is 11.2. The van der Waals surface area contributed by atoms with E-state index in [2.05, 4.69) is 12.2 Å². The molecule has 82 valence electrons. The molecule has 0 fully saturated rings. The maximum absolute atomic E-state index is 11.3. The molecule has 1 amide bonds. The number of nitrogens with zero attached hydrogens (tertiary/aromatic N) is 1. The molecule has 1 rings (SSSR count). The van der Waals surface area contributed by atoms with Crippen LogP contribution < -0.4 is 5.32 Å². The number of amides is 1. The number of nitrogens with one attached hydrogen (secondary N) is 1. The van der Waals surface area contributed by atoms with Gasteiger partial charge in [-0.05, 0) is 23.6 Å². The Labute approximate surface area is 95.4 Å². The van der Waals surface area contributed by atoms with E-state index in [0.29, 0.717) is 0 Å². The van der Waals surface area contributed by atoms with Gasteiger partial charge in [-0.15, -0.1) is 0 Å². The summed E-state index contributed by atoms with van der Waals surface area (Å²) in [6.45, 7) is 2.08. The van der Waals surface area contributed by atoms with Crippen molar-refractivity contribution in [1.82, 2.24) is 5.32 Å². The van der Waals surface area contributed by atoms with Gasteiger partial charge in [0, 0.05) is 7.05 Å². The monoisotopic (exact) mass is 214 g/mol. The summed E-state index contributed by atoms with van der Waals surface area (Å²) in [6, 6.07) is 9.66. The highest BCUT2D eigenvalue weighted by atomic mass is 16.1. The van der Waals surface area contributed by atoms with Gasteiger partial charge >= 0.3 is 0 Å². The Morgan fingerprint density at radius 1 is 1.44 bits per heavy atom. The molecular weight excluding hydrogens is 200 g/mol. The van der Waals surface area contributed by atoms with Crippen LogP contribution in [0.5, 0.6) is 0 Å². The van der Waals surface area contributed by atoms with E-state index in [4.69, 9.17) is 5.26 Å². The molecular formula is C13H14N2O. The van der Waals surface area contributed by atoms with Gasteiger partial charge in [0.05, 0.1) is 0 Å². The Morgan fingerprint density at radius 2 is 2.06 bits per heavy atom. The van der Waals surface area contributed by atoms with Gasteiger partial charge in [-0.1, -0.05) is 31.2 Å². The van der Waals surface area contributed by atoms with E-state index in [0.717, 1.165) is 12.0 Å². The van der Waals surface area contributed by atoms with Crippen molar-refractivity contribution in [2.45, 2.75) is 13.3 Å². The lowest BCUT2D eigenvalue weighted by atomic mass is 10.1. The average molecular weight is 214 g/mol. The molecule has 0 spiro atoms. The van der Waals surface area contributed by atoms with Crippen LogP contribution in [0.2, 0.25) is 0 Å². The lowest BCUT2D eigenvalue weighted by Gasteiger charge is -1.99. The topological polar surface area (TPSA) is 52.9 Å². The molecule has 1 N–H and O–H groups in total. The number of hydrogen-bond acceptors (Lipinski definition) is 2. The van der Waals surface area contributed by atoms with Gasteiger partial charge in [-0.25, -0.2) is 0 Å². The zero-order valence-electron chi connectivity index (χ0n) is 9.45. The average Bonchev–Trinajstić information content (AvgIpc) is 2.35. The molecule has 0 aliphatic carbocycles. The number of carbonyl (C=O) groups is 1. The Morgan fingerprint density at radius 3 is 2.50 bits per heavy atom. The minimum atomic E-state index is -0.359. The second-order valence-electron chi connectivity index (χ2n) is 3.34. The van der Waals surface area contributed by atoms with Gasteiger partial charge in [-0.3, -0.25) is 4.79 Å². The van der Waals surface area contributed by atoms with Crippen molar-refractivity contribution >= 4 is 12.0 Å². The van der Waals surface area contributed by atoms with Crippen molar-refractivity contribution in [3.63, 3.8) is 0 Å². The fraction of sp³-hybridized carbons (Fsp3) is 0.231. The van der Waals surface area contributed by atoms with Crippen LogP contribution in [0.1, 0.15) is 18.1 Å². The van der Waals surface area contributed by atoms with E-state index < -0.39 is 0 Å². The van der Waals surface area contributed by atoms with Crippen LogP contribution >= 0.6 is 0 Å². The van der Waals surface area contributed by atoms with Gasteiger partial charge in [0.15, 0.2) is 0 Å². The zero-order valence-corrected chi connectivity index (χ0v) is 9.45. The van der Waals surface area contributed by atoms with Crippen LogP contribution in [0.3, 0.4) is 0 Å². The fourth-order valence-electron chi connectivity index (χ4n) is 1.30. The number of nitriles is 1. The molecule has 0 aliphatic rings. The third-order valence-corrected chi connectivity index (χ3v) is 2.29. The SMILES string of the molecule is CCc1ccc(/C=C(\C#N)C(=O)NC)cc1. The van der Waals surface area contributed by atoms with Gasteiger partial charge in [0.25, 0.3) is 5.91 Å². The summed E-state index contributed by atoms with van der Waals surface area (Å²) in [6.07, 6.45) is 2.56. The van der Waals surface area contributed by atoms with Crippen LogP contribution in [0, 0.1) is 11.3 Å². The van der Waals surface area contributed by atoms with Crippen molar-refractivity contribution < 1.29 is 4.79 Å². The summed E-state index contributed by atoms with van der Waals surface area (Å²) >= 11 is 0. The van der Waals surface area contributed by atoms with Crippen molar-refractivity contribution in [3.8, 4) is 6.07 Å². The molecule has 1 aromatic carbocycles. The molecule has 0 radical (unpaired) electrons. The molecule has 0 heterocycles. The van der Waals surface area contributed by atoms with Crippen LogP contribution in [0.15, 0.2) is 29.8 Å². The second kappa shape index (κ2) is 5.72. The van der Waals surface area contributed by atoms with Crippen molar-refractivity contribution in [1.29, 1.82) is 5.26 Å². The van der Waals surface area contributed by atoms with E-state index in [1.165, 1.54) is 12.6 Å². The van der Waals surface area contributed by atoms with E-state index in [9.17, 15) is 4.79 Å². The quantitative estimate of drug-likeness (QED) is 0.617. The highest BCUT2D eigenvalue weighted by Gasteiger charge is 2.05. The Hall–Kier alpha value is -2.08. The lowest BCUT2D eigenvalue weighted by Crippen LogP contribution is -2.19. The first-order valence-corrected chi connectivity index (χ1v) is 5.14. The Balaban J connectivity index is 2.96. The second-order valence-corrected chi connectivity index (χ2v) is 3.34. The fourth-order valence-corrected chi connectivity index (χ4v) is 1.30.